The Morgan fingerprint density at radius 3 is 2.60 bits per heavy atom. The lowest BCUT2D eigenvalue weighted by atomic mass is 9.91. The van der Waals surface area contributed by atoms with Crippen molar-refractivity contribution in [1.82, 2.24) is 15.2 Å². The minimum atomic E-state index is -0.137. The number of hydrogen-bond donors (Lipinski definition) is 1. The van der Waals surface area contributed by atoms with Gasteiger partial charge in [0, 0.05) is 38.7 Å². The summed E-state index contributed by atoms with van der Waals surface area (Å²) in [5, 5.41) is 4.14. The van der Waals surface area contributed by atoms with Crippen molar-refractivity contribution < 1.29 is 9.53 Å². The summed E-state index contributed by atoms with van der Waals surface area (Å²) >= 11 is 1.46. The predicted molar refractivity (Wildman–Crippen MR) is 80.3 cm³/mol. The number of carbonyl (C=O) groups is 1. The zero-order valence-electron chi connectivity index (χ0n) is 12.7. The normalized spacial score (nSPS) is 16.5. The topological polar surface area (TPSA) is 54.5 Å². The molecular formula is C14H23N3O2S. The van der Waals surface area contributed by atoms with E-state index >= 15 is 0 Å². The minimum Gasteiger partial charge on any atom is -0.378 e. The molecule has 0 bridgehead atoms. The Hall–Kier alpha value is -0.980. The van der Waals surface area contributed by atoms with E-state index in [1.54, 1.807) is 7.11 Å². The van der Waals surface area contributed by atoms with E-state index in [0.717, 1.165) is 41.8 Å². The van der Waals surface area contributed by atoms with Crippen LogP contribution in [0.1, 0.15) is 41.1 Å². The van der Waals surface area contributed by atoms with E-state index in [1.165, 1.54) is 11.3 Å². The van der Waals surface area contributed by atoms with Crippen molar-refractivity contribution in [2.75, 3.05) is 33.3 Å². The molecule has 0 spiro atoms. The number of carbonyl (C=O) groups excluding carboxylic acids is 1. The molecular weight excluding hydrogens is 274 g/mol. The Bertz CT molecular complexity index is 473. The average Bonchev–Trinajstić information content (AvgIpc) is 2.83. The Morgan fingerprint density at radius 1 is 1.40 bits per heavy atom. The number of nitrogens with one attached hydrogen (secondary N) is 1. The molecule has 20 heavy (non-hydrogen) atoms. The summed E-state index contributed by atoms with van der Waals surface area (Å²) in [7, 11) is 1.65. The lowest BCUT2D eigenvalue weighted by molar-refractivity contribution is 0.0738. The van der Waals surface area contributed by atoms with E-state index in [9.17, 15) is 4.79 Å². The van der Waals surface area contributed by atoms with E-state index in [2.05, 4.69) is 31.1 Å². The van der Waals surface area contributed by atoms with Crippen LogP contribution in [0.2, 0.25) is 0 Å². The summed E-state index contributed by atoms with van der Waals surface area (Å²) in [6.07, 6.45) is 0. The molecule has 1 aromatic heterocycles. The monoisotopic (exact) mass is 297 g/mol. The van der Waals surface area contributed by atoms with Crippen molar-refractivity contribution in [1.29, 1.82) is 0 Å². The van der Waals surface area contributed by atoms with Crippen LogP contribution in [0.5, 0.6) is 0 Å². The lowest BCUT2D eigenvalue weighted by Crippen LogP contribution is -2.46. The van der Waals surface area contributed by atoms with Gasteiger partial charge in [-0.05, 0) is 0 Å². The highest BCUT2D eigenvalue weighted by molar-refractivity contribution is 7.13. The molecule has 1 aliphatic rings. The molecule has 0 aromatic carbocycles. The van der Waals surface area contributed by atoms with E-state index in [4.69, 9.17) is 4.74 Å². The summed E-state index contributed by atoms with van der Waals surface area (Å²) in [5.41, 5.74) is 0.750. The largest absolute Gasteiger partial charge is 0.378 e. The van der Waals surface area contributed by atoms with Crippen LogP contribution in [0, 0.1) is 0 Å². The van der Waals surface area contributed by atoms with Gasteiger partial charge in [-0.1, -0.05) is 20.8 Å². The zero-order valence-corrected chi connectivity index (χ0v) is 13.5. The zero-order chi connectivity index (χ0) is 14.8. The maximum atomic E-state index is 12.7. The Kier molecular flexibility index (Phi) is 4.78. The maximum Gasteiger partial charge on any atom is 0.265 e. The second-order valence-corrected chi connectivity index (χ2v) is 7.09. The van der Waals surface area contributed by atoms with Gasteiger partial charge in [0.2, 0.25) is 0 Å². The molecule has 0 unspecified atom stereocenters. The Labute approximate surface area is 124 Å². The fourth-order valence-corrected chi connectivity index (χ4v) is 3.43. The number of rotatable bonds is 3. The van der Waals surface area contributed by atoms with Gasteiger partial charge in [0.05, 0.1) is 12.3 Å². The number of amides is 1. The smallest absolute Gasteiger partial charge is 0.265 e. The standard InChI is InChI=1S/C14H23N3O2S/c1-14(2,3)12-11(20-10(16-12)9-19-4)13(18)17-7-5-15-6-8-17/h15H,5-9H2,1-4H3. The summed E-state index contributed by atoms with van der Waals surface area (Å²) in [6, 6.07) is 0. The minimum absolute atomic E-state index is 0.108. The van der Waals surface area contributed by atoms with Crippen LogP contribution in [-0.4, -0.2) is 49.1 Å². The van der Waals surface area contributed by atoms with Crippen molar-refractivity contribution in [2.24, 2.45) is 0 Å². The Morgan fingerprint density at radius 2 is 2.05 bits per heavy atom. The highest BCUT2D eigenvalue weighted by Crippen LogP contribution is 2.31. The van der Waals surface area contributed by atoms with E-state index in [1.807, 2.05) is 4.90 Å². The van der Waals surface area contributed by atoms with Gasteiger partial charge in [-0.25, -0.2) is 4.98 Å². The number of methoxy groups -OCH3 is 1. The number of thiazole rings is 1. The third-order valence-electron chi connectivity index (χ3n) is 3.25. The molecule has 112 valence electrons. The molecule has 1 aliphatic heterocycles. The molecule has 2 heterocycles. The van der Waals surface area contributed by atoms with Crippen LogP contribution < -0.4 is 5.32 Å². The predicted octanol–water partition coefficient (Wildman–Crippen LogP) is 1.63. The number of piperazine rings is 1. The van der Waals surface area contributed by atoms with Gasteiger partial charge in [0.25, 0.3) is 5.91 Å². The van der Waals surface area contributed by atoms with Crippen LogP contribution in [0.15, 0.2) is 0 Å². The molecule has 1 saturated heterocycles. The van der Waals surface area contributed by atoms with Crippen LogP contribution in [0.25, 0.3) is 0 Å². The van der Waals surface area contributed by atoms with E-state index in [-0.39, 0.29) is 11.3 Å². The van der Waals surface area contributed by atoms with Crippen LogP contribution in [0.3, 0.4) is 0 Å². The van der Waals surface area contributed by atoms with Crippen molar-refractivity contribution >= 4 is 17.2 Å². The van der Waals surface area contributed by atoms with Gasteiger partial charge >= 0.3 is 0 Å². The lowest BCUT2D eigenvalue weighted by Gasteiger charge is -2.28. The van der Waals surface area contributed by atoms with Crippen LogP contribution >= 0.6 is 11.3 Å². The fraction of sp³-hybridized carbons (Fsp3) is 0.714. The van der Waals surface area contributed by atoms with Crippen molar-refractivity contribution in [2.45, 2.75) is 32.8 Å². The van der Waals surface area contributed by atoms with Crippen LogP contribution in [-0.2, 0) is 16.8 Å². The molecule has 1 N–H and O–H groups in total. The fourth-order valence-electron chi connectivity index (χ4n) is 2.21. The highest BCUT2D eigenvalue weighted by atomic mass is 32.1. The number of ether oxygens (including phenoxy) is 1. The summed E-state index contributed by atoms with van der Waals surface area (Å²) in [6.45, 7) is 9.98. The van der Waals surface area contributed by atoms with E-state index < -0.39 is 0 Å². The summed E-state index contributed by atoms with van der Waals surface area (Å²) in [4.78, 5) is 20.0. The molecule has 0 aliphatic carbocycles. The van der Waals surface area contributed by atoms with Crippen molar-refractivity contribution in [3.63, 3.8) is 0 Å². The molecule has 5 nitrogen and oxygen atoms in total. The third-order valence-corrected chi connectivity index (χ3v) is 4.26. The van der Waals surface area contributed by atoms with Gasteiger partial charge in [0.1, 0.15) is 9.88 Å². The number of hydrogen-bond acceptors (Lipinski definition) is 5. The van der Waals surface area contributed by atoms with Gasteiger partial charge in [-0.3, -0.25) is 4.79 Å². The second kappa shape index (κ2) is 6.20. The summed E-state index contributed by atoms with van der Waals surface area (Å²) < 4.78 is 5.15. The quantitative estimate of drug-likeness (QED) is 0.921. The van der Waals surface area contributed by atoms with Gasteiger partial charge in [-0.2, -0.15) is 0 Å². The molecule has 1 aromatic rings. The maximum absolute atomic E-state index is 12.7. The molecule has 0 atom stereocenters. The SMILES string of the molecule is COCc1nc(C(C)(C)C)c(C(=O)N2CCNCC2)s1. The van der Waals surface area contributed by atoms with Crippen molar-refractivity contribution in [3.8, 4) is 0 Å². The highest BCUT2D eigenvalue weighted by Gasteiger charge is 2.30. The third kappa shape index (κ3) is 3.37. The van der Waals surface area contributed by atoms with Gasteiger partial charge in [-0.15, -0.1) is 11.3 Å². The molecule has 1 fully saturated rings. The first-order valence-corrected chi connectivity index (χ1v) is 7.74. The molecule has 0 radical (unpaired) electrons. The first-order chi connectivity index (χ1) is 9.43. The van der Waals surface area contributed by atoms with Gasteiger partial charge in [0.15, 0.2) is 0 Å². The van der Waals surface area contributed by atoms with Crippen LogP contribution in [0.4, 0.5) is 0 Å². The molecule has 2 rings (SSSR count). The summed E-state index contributed by atoms with van der Waals surface area (Å²) in [5.74, 6) is 0.108. The van der Waals surface area contributed by atoms with E-state index in [0.29, 0.717) is 6.61 Å². The van der Waals surface area contributed by atoms with Gasteiger partial charge < -0.3 is 15.0 Å². The first kappa shape index (κ1) is 15.4. The molecule has 6 heteroatoms. The molecule has 0 saturated carbocycles. The molecule has 1 amide bonds. The van der Waals surface area contributed by atoms with Crippen molar-refractivity contribution in [3.05, 3.63) is 15.6 Å². The first-order valence-electron chi connectivity index (χ1n) is 6.92. The Balaban J connectivity index is 2.30. The number of nitrogens with zero attached hydrogens (tertiary/aromatic N) is 2. The second-order valence-electron chi connectivity index (χ2n) is 6.01. The average molecular weight is 297 g/mol. The number of aromatic nitrogens is 1.